The van der Waals surface area contributed by atoms with Gasteiger partial charge in [-0.3, -0.25) is 14.6 Å². The first-order chi connectivity index (χ1) is 13.2. The van der Waals surface area contributed by atoms with E-state index < -0.39 is 0 Å². The molecule has 2 rings (SSSR count). The Bertz CT molecular complexity index is 655. The number of aliphatic imine (C=N–C) groups is 1. The summed E-state index contributed by atoms with van der Waals surface area (Å²) in [6, 6.07) is 13.0. The molecule has 1 aromatic carbocycles. The average Bonchev–Trinajstić information content (AvgIpc) is 3.21. The minimum atomic E-state index is 0. The van der Waals surface area contributed by atoms with Gasteiger partial charge in [-0.05, 0) is 30.6 Å². The fraction of sp³-hybridized carbons (Fsp3) is 0.524. The molecule has 7 heteroatoms. The number of benzene rings is 1. The van der Waals surface area contributed by atoms with E-state index in [9.17, 15) is 0 Å². The number of nitrogens with one attached hydrogen (secondary N) is 2. The molecule has 0 aliphatic carbocycles. The molecule has 2 aromatic rings. The maximum atomic E-state index is 4.39. The van der Waals surface area contributed by atoms with E-state index in [1.54, 1.807) is 0 Å². The number of halogens is 1. The van der Waals surface area contributed by atoms with E-state index in [1.807, 2.05) is 30.2 Å². The number of hydrogen-bond acceptors (Lipinski definition) is 3. The van der Waals surface area contributed by atoms with Crippen molar-refractivity contribution in [3.05, 3.63) is 54.4 Å². The van der Waals surface area contributed by atoms with Crippen LogP contribution in [0.2, 0.25) is 0 Å². The highest BCUT2D eigenvalue weighted by Crippen LogP contribution is 2.19. The third-order valence-electron chi connectivity index (χ3n) is 4.80. The topological polar surface area (TPSA) is 57.5 Å². The Kier molecular flexibility index (Phi) is 11.8. The first kappa shape index (κ1) is 24.4. The Balaban J connectivity index is 0.00000392. The van der Waals surface area contributed by atoms with Gasteiger partial charge in [0.1, 0.15) is 0 Å². The molecule has 2 atom stereocenters. The largest absolute Gasteiger partial charge is 0.356 e. The molecule has 0 fully saturated rings. The van der Waals surface area contributed by atoms with Crippen LogP contribution >= 0.6 is 24.0 Å². The van der Waals surface area contributed by atoms with Crippen LogP contribution in [0.5, 0.6) is 0 Å². The van der Waals surface area contributed by atoms with Gasteiger partial charge >= 0.3 is 0 Å². The Labute approximate surface area is 186 Å². The summed E-state index contributed by atoms with van der Waals surface area (Å²) in [7, 11) is 1.82. The molecule has 2 N–H and O–H groups in total. The van der Waals surface area contributed by atoms with Crippen LogP contribution in [0, 0.1) is 5.92 Å². The van der Waals surface area contributed by atoms with E-state index in [0.717, 1.165) is 38.7 Å². The van der Waals surface area contributed by atoms with E-state index >= 15 is 0 Å². The monoisotopic (exact) mass is 498 g/mol. The lowest BCUT2D eigenvalue weighted by Crippen LogP contribution is -2.44. The van der Waals surface area contributed by atoms with Gasteiger partial charge in [0.2, 0.25) is 0 Å². The summed E-state index contributed by atoms with van der Waals surface area (Å²) >= 11 is 0. The van der Waals surface area contributed by atoms with Crippen molar-refractivity contribution in [3.63, 3.8) is 0 Å². The summed E-state index contributed by atoms with van der Waals surface area (Å²) in [6.45, 7) is 11.2. The molecular weight excluding hydrogens is 463 g/mol. The quantitative estimate of drug-likeness (QED) is 0.300. The van der Waals surface area contributed by atoms with Crippen molar-refractivity contribution in [2.24, 2.45) is 10.9 Å². The SMILES string of the molecule is CCN(CC)C(CNC(=NC)NCC(C)Cn1cccn1)c1ccccc1.I. The number of likely N-dealkylation sites (N-methyl/N-ethyl adjacent to an activating group) is 1. The molecule has 0 bridgehead atoms. The number of guanidine groups is 1. The van der Waals surface area contributed by atoms with Gasteiger partial charge in [-0.25, -0.2) is 0 Å². The van der Waals surface area contributed by atoms with Gasteiger partial charge in [-0.1, -0.05) is 51.1 Å². The van der Waals surface area contributed by atoms with Gasteiger partial charge in [0.25, 0.3) is 0 Å². The second kappa shape index (κ2) is 13.5. The van der Waals surface area contributed by atoms with E-state index in [-0.39, 0.29) is 24.0 Å². The van der Waals surface area contributed by atoms with Gasteiger partial charge in [-0.15, -0.1) is 24.0 Å². The highest BCUT2D eigenvalue weighted by atomic mass is 127. The second-order valence-corrected chi connectivity index (χ2v) is 6.81. The molecule has 1 aromatic heterocycles. The van der Waals surface area contributed by atoms with Gasteiger partial charge in [-0.2, -0.15) is 5.10 Å². The highest BCUT2D eigenvalue weighted by Gasteiger charge is 2.18. The number of aromatic nitrogens is 2. The fourth-order valence-electron chi connectivity index (χ4n) is 3.27. The molecule has 28 heavy (non-hydrogen) atoms. The predicted octanol–water partition coefficient (Wildman–Crippen LogP) is 3.39. The summed E-state index contributed by atoms with van der Waals surface area (Å²) in [6.07, 6.45) is 3.82. The van der Waals surface area contributed by atoms with Crippen molar-refractivity contribution in [1.82, 2.24) is 25.3 Å². The maximum Gasteiger partial charge on any atom is 0.191 e. The molecule has 0 saturated carbocycles. The normalized spacial score (nSPS) is 13.7. The van der Waals surface area contributed by atoms with Crippen LogP contribution in [-0.2, 0) is 6.54 Å². The number of rotatable bonds is 10. The smallest absolute Gasteiger partial charge is 0.191 e. The average molecular weight is 498 g/mol. The number of hydrogen-bond donors (Lipinski definition) is 2. The van der Waals surface area contributed by atoms with E-state index in [0.29, 0.717) is 12.0 Å². The van der Waals surface area contributed by atoms with E-state index in [4.69, 9.17) is 0 Å². The highest BCUT2D eigenvalue weighted by molar-refractivity contribution is 14.0. The molecule has 0 radical (unpaired) electrons. The Morgan fingerprint density at radius 3 is 2.36 bits per heavy atom. The molecule has 0 amide bonds. The van der Waals surface area contributed by atoms with Crippen molar-refractivity contribution < 1.29 is 0 Å². The van der Waals surface area contributed by atoms with Gasteiger partial charge < -0.3 is 10.6 Å². The summed E-state index contributed by atoms with van der Waals surface area (Å²) in [5, 5.41) is 11.2. The summed E-state index contributed by atoms with van der Waals surface area (Å²) in [5.74, 6) is 1.30. The Hall–Kier alpha value is -1.61. The zero-order valence-electron chi connectivity index (χ0n) is 17.5. The third-order valence-corrected chi connectivity index (χ3v) is 4.80. The molecule has 156 valence electrons. The van der Waals surface area contributed by atoms with E-state index in [2.05, 4.69) is 76.7 Å². The van der Waals surface area contributed by atoms with Crippen LogP contribution in [0.25, 0.3) is 0 Å². The van der Waals surface area contributed by atoms with Crippen molar-refractivity contribution in [3.8, 4) is 0 Å². The Morgan fingerprint density at radius 1 is 1.11 bits per heavy atom. The zero-order valence-corrected chi connectivity index (χ0v) is 19.8. The fourth-order valence-corrected chi connectivity index (χ4v) is 3.27. The van der Waals surface area contributed by atoms with Gasteiger partial charge in [0.05, 0.1) is 6.04 Å². The zero-order chi connectivity index (χ0) is 19.5. The third kappa shape index (κ3) is 7.79. The lowest BCUT2D eigenvalue weighted by molar-refractivity contribution is 0.219. The van der Waals surface area contributed by atoms with Crippen LogP contribution in [0.15, 0.2) is 53.8 Å². The van der Waals surface area contributed by atoms with Crippen LogP contribution in [0.1, 0.15) is 32.4 Å². The van der Waals surface area contributed by atoms with E-state index in [1.165, 1.54) is 5.56 Å². The summed E-state index contributed by atoms with van der Waals surface area (Å²) in [4.78, 5) is 6.86. The standard InChI is InChI=1S/C21H34N6.HI/c1-5-26(6-2)20(19-11-8-7-9-12-19)16-24-21(22-4)23-15-18(3)17-27-14-10-13-25-27;/h7-14,18,20H,5-6,15-17H2,1-4H3,(H2,22,23,24);1H. The lowest BCUT2D eigenvalue weighted by atomic mass is 10.1. The first-order valence-corrected chi connectivity index (χ1v) is 9.88. The molecule has 0 saturated heterocycles. The van der Waals surface area contributed by atoms with Gasteiger partial charge in [0, 0.05) is 39.1 Å². The summed E-state index contributed by atoms with van der Waals surface area (Å²) in [5.41, 5.74) is 1.33. The molecule has 0 aliphatic rings. The number of nitrogens with zero attached hydrogens (tertiary/aromatic N) is 4. The predicted molar refractivity (Wildman–Crippen MR) is 128 cm³/mol. The molecule has 6 nitrogen and oxygen atoms in total. The van der Waals surface area contributed by atoms with Crippen LogP contribution in [0.4, 0.5) is 0 Å². The van der Waals surface area contributed by atoms with Gasteiger partial charge in [0.15, 0.2) is 5.96 Å². The molecule has 0 spiro atoms. The van der Waals surface area contributed by atoms with Crippen molar-refractivity contribution in [2.75, 3.05) is 33.2 Å². The summed E-state index contributed by atoms with van der Waals surface area (Å²) < 4.78 is 1.97. The first-order valence-electron chi connectivity index (χ1n) is 9.88. The molecule has 2 unspecified atom stereocenters. The second-order valence-electron chi connectivity index (χ2n) is 6.81. The van der Waals surface area contributed by atoms with Crippen LogP contribution in [-0.4, -0.2) is 53.9 Å². The van der Waals surface area contributed by atoms with Crippen molar-refractivity contribution >= 4 is 29.9 Å². The molecular formula is C21H35IN6. The Morgan fingerprint density at radius 2 is 1.79 bits per heavy atom. The lowest BCUT2D eigenvalue weighted by Gasteiger charge is -2.31. The minimum Gasteiger partial charge on any atom is -0.356 e. The molecule has 0 aliphatic heterocycles. The maximum absolute atomic E-state index is 4.39. The molecule has 1 heterocycles. The minimum absolute atomic E-state index is 0. The van der Waals surface area contributed by atoms with Crippen LogP contribution < -0.4 is 10.6 Å². The van der Waals surface area contributed by atoms with Crippen molar-refractivity contribution in [2.45, 2.75) is 33.4 Å². The van der Waals surface area contributed by atoms with Crippen LogP contribution in [0.3, 0.4) is 0 Å². The van der Waals surface area contributed by atoms with Crippen molar-refractivity contribution in [1.29, 1.82) is 0 Å².